The van der Waals surface area contributed by atoms with Crippen LogP contribution >= 0.6 is 0 Å². The maximum atomic E-state index is 12.7. The standard InChI is InChI=1S/C20H28N2O2/c1-3-15(4-2)21-20(23)19-14-22(16-10-6-5-7-11-16)17-12-8-9-13-18(17)24-19/h6,8-10,12-13,15-16,19H,3-5,7,11,14H2,1-2H3,(H,21,23). The molecule has 1 N–H and O–H groups in total. The molecule has 4 nitrogen and oxygen atoms in total. The number of ether oxygens (including phenoxy) is 1. The van der Waals surface area contributed by atoms with Crippen LogP contribution in [0.15, 0.2) is 36.4 Å². The van der Waals surface area contributed by atoms with Crippen molar-refractivity contribution >= 4 is 11.6 Å². The van der Waals surface area contributed by atoms with Crippen molar-refractivity contribution in [2.75, 3.05) is 11.4 Å². The van der Waals surface area contributed by atoms with E-state index in [1.54, 1.807) is 0 Å². The molecule has 0 bridgehead atoms. The van der Waals surface area contributed by atoms with Crippen LogP contribution in [-0.2, 0) is 4.79 Å². The van der Waals surface area contributed by atoms with E-state index in [2.05, 4.69) is 42.3 Å². The third kappa shape index (κ3) is 3.58. The van der Waals surface area contributed by atoms with E-state index in [1.807, 2.05) is 18.2 Å². The van der Waals surface area contributed by atoms with E-state index in [-0.39, 0.29) is 11.9 Å². The minimum absolute atomic E-state index is 0.00277. The largest absolute Gasteiger partial charge is 0.477 e. The van der Waals surface area contributed by atoms with Gasteiger partial charge in [-0.15, -0.1) is 0 Å². The van der Waals surface area contributed by atoms with E-state index in [9.17, 15) is 4.79 Å². The lowest BCUT2D eigenvalue weighted by Crippen LogP contribution is -2.53. The highest BCUT2D eigenvalue weighted by Crippen LogP contribution is 2.36. The molecule has 0 fully saturated rings. The summed E-state index contributed by atoms with van der Waals surface area (Å²) in [5, 5.41) is 3.13. The average Bonchev–Trinajstić information content (AvgIpc) is 2.65. The summed E-state index contributed by atoms with van der Waals surface area (Å²) in [4.78, 5) is 15.0. The summed E-state index contributed by atoms with van der Waals surface area (Å²) >= 11 is 0. The highest BCUT2D eigenvalue weighted by atomic mass is 16.5. The van der Waals surface area contributed by atoms with Crippen LogP contribution in [0.25, 0.3) is 0 Å². The first kappa shape index (κ1) is 16.9. The van der Waals surface area contributed by atoms with Gasteiger partial charge >= 0.3 is 0 Å². The number of anilines is 1. The number of hydrogen-bond acceptors (Lipinski definition) is 3. The molecule has 24 heavy (non-hydrogen) atoms. The van der Waals surface area contributed by atoms with Gasteiger partial charge < -0.3 is 15.0 Å². The van der Waals surface area contributed by atoms with E-state index in [4.69, 9.17) is 4.74 Å². The Hall–Kier alpha value is -1.97. The summed E-state index contributed by atoms with van der Waals surface area (Å²) in [5.74, 6) is 0.815. The zero-order valence-corrected chi connectivity index (χ0v) is 14.7. The fraction of sp³-hybridized carbons (Fsp3) is 0.550. The Morgan fingerprint density at radius 2 is 2.12 bits per heavy atom. The molecule has 2 atom stereocenters. The smallest absolute Gasteiger partial charge is 0.263 e. The zero-order valence-electron chi connectivity index (χ0n) is 14.7. The number of carbonyl (C=O) groups is 1. The van der Waals surface area contributed by atoms with Crippen LogP contribution in [-0.4, -0.2) is 30.6 Å². The van der Waals surface area contributed by atoms with Crippen molar-refractivity contribution in [3.8, 4) is 5.75 Å². The molecule has 1 aliphatic heterocycles. The highest BCUT2D eigenvalue weighted by Gasteiger charge is 2.34. The molecular weight excluding hydrogens is 300 g/mol. The number of hydrogen-bond donors (Lipinski definition) is 1. The molecule has 4 heteroatoms. The highest BCUT2D eigenvalue weighted by molar-refractivity contribution is 5.83. The summed E-state index contributed by atoms with van der Waals surface area (Å²) in [7, 11) is 0. The lowest BCUT2D eigenvalue weighted by atomic mass is 9.99. The Bertz CT molecular complexity index is 595. The molecular formula is C20H28N2O2. The van der Waals surface area contributed by atoms with Crippen LogP contribution in [0.1, 0.15) is 46.0 Å². The van der Waals surface area contributed by atoms with Crippen LogP contribution in [0.2, 0.25) is 0 Å². The van der Waals surface area contributed by atoms with Gasteiger partial charge in [-0.2, -0.15) is 0 Å². The lowest BCUT2D eigenvalue weighted by molar-refractivity contribution is -0.128. The Morgan fingerprint density at radius 1 is 1.33 bits per heavy atom. The van der Waals surface area contributed by atoms with Crippen LogP contribution in [0.3, 0.4) is 0 Å². The Morgan fingerprint density at radius 3 is 2.83 bits per heavy atom. The van der Waals surface area contributed by atoms with Gasteiger partial charge in [0.15, 0.2) is 6.10 Å². The lowest BCUT2D eigenvalue weighted by Gasteiger charge is -2.40. The molecule has 1 aromatic rings. The Kier molecular flexibility index (Phi) is 5.44. The number of allylic oxidation sites excluding steroid dienone is 1. The third-order valence-electron chi connectivity index (χ3n) is 5.06. The van der Waals surface area contributed by atoms with Crippen molar-refractivity contribution in [1.29, 1.82) is 0 Å². The van der Waals surface area contributed by atoms with E-state index in [1.165, 1.54) is 6.42 Å². The molecule has 0 saturated heterocycles. The number of carbonyl (C=O) groups excluding carboxylic acids is 1. The molecule has 130 valence electrons. The molecule has 1 amide bonds. The van der Waals surface area contributed by atoms with Gasteiger partial charge in [0, 0.05) is 12.1 Å². The number of amides is 1. The Labute approximate surface area is 144 Å². The summed E-state index contributed by atoms with van der Waals surface area (Å²) in [6.07, 6.45) is 9.46. The monoisotopic (exact) mass is 328 g/mol. The minimum Gasteiger partial charge on any atom is -0.477 e. The molecule has 1 aromatic carbocycles. The molecule has 0 saturated carbocycles. The first-order valence-corrected chi connectivity index (χ1v) is 9.22. The van der Waals surface area contributed by atoms with Gasteiger partial charge in [-0.3, -0.25) is 4.79 Å². The van der Waals surface area contributed by atoms with Crippen molar-refractivity contribution in [3.05, 3.63) is 36.4 Å². The zero-order chi connectivity index (χ0) is 16.9. The summed E-state index contributed by atoms with van der Waals surface area (Å²) in [5.41, 5.74) is 1.10. The van der Waals surface area contributed by atoms with Crippen LogP contribution in [0.5, 0.6) is 5.75 Å². The quantitative estimate of drug-likeness (QED) is 0.839. The molecule has 0 radical (unpaired) electrons. The van der Waals surface area contributed by atoms with Crippen LogP contribution in [0, 0.1) is 0 Å². The van der Waals surface area contributed by atoms with E-state index >= 15 is 0 Å². The maximum Gasteiger partial charge on any atom is 0.263 e. The van der Waals surface area contributed by atoms with Gasteiger partial charge in [-0.05, 0) is 44.2 Å². The molecule has 0 spiro atoms. The van der Waals surface area contributed by atoms with Crippen molar-refractivity contribution in [2.24, 2.45) is 0 Å². The fourth-order valence-electron chi connectivity index (χ4n) is 3.55. The van der Waals surface area contributed by atoms with Crippen molar-refractivity contribution in [3.63, 3.8) is 0 Å². The van der Waals surface area contributed by atoms with E-state index < -0.39 is 6.10 Å². The second-order valence-corrected chi connectivity index (χ2v) is 6.67. The number of nitrogens with one attached hydrogen (secondary N) is 1. The Balaban J connectivity index is 1.80. The minimum atomic E-state index is -0.448. The number of para-hydroxylation sites is 2. The van der Waals surface area contributed by atoms with Crippen molar-refractivity contribution in [2.45, 2.75) is 64.1 Å². The van der Waals surface area contributed by atoms with Crippen LogP contribution < -0.4 is 15.0 Å². The molecule has 1 heterocycles. The van der Waals surface area contributed by atoms with Gasteiger partial charge in [0.05, 0.1) is 12.2 Å². The van der Waals surface area contributed by atoms with Gasteiger partial charge in [0.2, 0.25) is 0 Å². The number of rotatable bonds is 5. The normalized spacial score (nSPS) is 22.9. The summed E-state index contributed by atoms with van der Waals surface area (Å²) < 4.78 is 6.03. The number of nitrogens with zero attached hydrogens (tertiary/aromatic N) is 1. The second kappa shape index (κ2) is 7.73. The summed E-state index contributed by atoms with van der Waals surface area (Å²) in [6.45, 7) is 4.81. The molecule has 2 aliphatic rings. The second-order valence-electron chi connectivity index (χ2n) is 6.67. The SMILES string of the molecule is CCC(CC)NC(=O)C1CN(C2C=CCCC2)c2ccccc2O1. The molecule has 2 unspecified atom stereocenters. The number of fused-ring (bicyclic) bond motifs is 1. The predicted molar refractivity (Wildman–Crippen MR) is 97.5 cm³/mol. The van der Waals surface area contributed by atoms with Gasteiger partial charge in [-0.25, -0.2) is 0 Å². The van der Waals surface area contributed by atoms with Gasteiger partial charge in [0.25, 0.3) is 5.91 Å². The topological polar surface area (TPSA) is 41.6 Å². The van der Waals surface area contributed by atoms with Crippen molar-refractivity contribution < 1.29 is 9.53 Å². The van der Waals surface area contributed by atoms with Crippen LogP contribution in [0.4, 0.5) is 5.69 Å². The third-order valence-corrected chi connectivity index (χ3v) is 5.06. The number of benzene rings is 1. The fourth-order valence-corrected chi connectivity index (χ4v) is 3.55. The first-order valence-electron chi connectivity index (χ1n) is 9.22. The first-order chi connectivity index (χ1) is 11.7. The van der Waals surface area contributed by atoms with Gasteiger partial charge in [-0.1, -0.05) is 38.1 Å². The predicted octanol–water partition coefficient (Wildman–Crippen LogP) is 3.67. The van der Waals surface area contributed by atoms with E-state index in [0.717, 1.165) is 37.1 Å². The summed E-state index contributed by atoms with van der Waals surface area (Å²) in [6, 6.07) is 8.63. The molecule has 3 rings (SSSR count). The van der Waals surface area contributed by atoms with Crippen molar-refractivity contribution in [1.82, 2.24) is 5.32 Å². The van der Waals surface area contributed by atoms with E-state index in [0.29, 0.717) is 12.6 Å². The molecule has 1 aliphatic carbocycles. The maximum absolute atomic E-state index is 12.7. The average molecular weight is 328 g/mol. The molecule has 0 aromatic heterocycles. The van der Waals surface area contributed by atoms with Gasteiger partial charge in [0.1, 0.15) is 5.75 Å².